The van der Waals surface area contributed by atoms with Crippen LogP contribution in [0.5, 0.6) is 0 Å². The van der Waals surface area contributed by atoms with Gasteiger partial charge in [-0.15, -0.1) is 15.3 Å². The van der Waals surface area contributed by atoms with Gasteiger partial charge in [0.15, 0.2) is 11.5 Å². The Morgan fingerprint density at radius 2 is 1.92 bits per heavy atom. The summed E-state index contributed by atoms with van der Waals surface area (Å²) >= 11 is 0. The molecule has 1 saturated heterocycles. The van der Waals surface area contributed by atoms with Gasteiger partial charge >= 0.3 is 0 Å². The first-order valence-electron chi connectivity index (χ1n) is 8.85. The first-order valence-corrected chi connectivity index (χ1v) is 8.85. The summed E-state index contributed by atoms with van der Waals surface area (Å²) in [4.78, 5) is 4.64. The molecular weight excluding hydrogens is 328 g/mol. The highest BCUT2D eigenvalue weighted by Gasteiger charge is 2.31. The highest BCUT2D eigenvalue weighted by atomic mass is 15.4. The van der Waals surface area contributed by atoms with Gasteiger partial charge in [-0.2, -0.15) is 14.7 Å². The molecule has 4 rings (SSSR count). The number of fused-ring (bicyclic) bond motifs is 1. The smallest absolute Gasteiger partial charge is 0.178 e. The molecule has 0 spiro atoms. The largest absolute Gasteiger partial charge is 0.352 e. The van der Waals surface area contributed by atoms with Crippen LogP contribution in [0.25, 0.3) is 5.65 Å². The molecule has 0 saturated carbocycles. The minimum Gasteiger partial charge on any atom is -0.352 e. The van der Waals surface area contributed by atoms with E-state index in [4.69, 9.17) is 5.10 Å². The summed E-state index contributed by atoms with van der Waals surface area (Å²) in [6, 6.07) is 6.53. The molecule has 0 bridgehead atoms. The summed E-state index contributed by atoms with van der Waals surface area (Å²) < 4.78 is 1.87. The zero-order valence-electron chi connectivity index (χ0n) is 15.7. The summed E-state index contributed by atoms with van der Waals surface area (Å²) in [5, 5.41) is 21.1. The predicted octanol–water partition coefficient (Wildman–Crippen LogP) is 1.53. The van der Waals surface area contributed by atoms with Crippen molar-refractivity contribution < 1.29 is 0 Å². The monoisotopic (exact) mass is 352 g/mol. The number of likely N-dealkylation sites (N-methyl/N-ethyl adjacent to an activating group) is 1. The third-order valence-corrected chi connectivity index (χ3v) is 4.81. The molecule has 3 aromatic heterocycles. The molecule has 8 nitrogen and oxygen atoms in total. The third-order valence-electron chi connectivity index (χ3n) is 4.81. The van der Waals surface area contributed by atoms with Gasteiger partial charge in [0, 0.05) is 37.3 Å². The fourth-order valence-electron chi connectivity index (χ4n) is 3.17. The average Bonchev–Trinajstić information content (AvgIpc) is 2.98. The van der Waals surface area contributed by atoms with Crippen LogP contribution in [0.2, 0.25) is 0 Å². The molecule has 0 radical (unpaired) electrons. The molecular formula is C18H24N8. The maximum absolute atomic E-state index is 4.78. The Labute approximate surface area is 152 Å². The SMILES string of the molecule is CN(Cc1ccnnc1)C1CN(c2ccc3nnc(C(C)(C)C)n3n2)C1. The summed E-state index contributed by atoms with van der Waals surface area (Å²) in [5.74, 6) is 1.85. The Bertz CT molecular complexity index is 892. The number of rotatable bonds is 4. The molecule has 0 aliphatic carbocycles. The van der Waals surface area contributed by atoms with E-state index in [1.807, 2.05) is 28.9 Å². The van der Waals surface area contributed by atoms with Gasteiger partial charge in [-0.3, -0.25) is 4.90 Å². The molecule has 0 N–H and O–H groups in total. The molecule has 0 amide bonds. The second kappa shape index (κ2) is 6.28. The Balaban J connectivity index is 1.45. The van der Waals surface area contributed by atoms with Gasteiger partial charge in [0.25, 0.3) is 0 Å². The van der Waals surface area contributed by atoms with Crippen LogP contribution in [0.15, 0.2) is 30.6 Å². The quantitative estimate of drug-likeness (QED) is 0.705. The lowest BCUT2D eigenvalue weighted by Gasteiger charge is -2.44. The molecule has 26 heavy (non-hydrogen) atoms. The van der Waals surface area contributed by atoms with Crippen LogP contribution in [0.1, 0.15) is 32.2 Å². The van der Waals surface area contributed by atoms with E-state index < -0.39 is 0 Å². The summed E-state index contributed by atoms with van der Waals surface area (Å²) in [7, 11) is 2.15. The summed E-state index contributed by atoms with van der Waals surface area (Å²) in [6.07, 6.45) is 3.56. The fraction of sp³-hybridized carbons (Fsp3) is 0.500. The van der Waals surface area contributed by atoms with E-state index in [2.05, 4.69) is 58.0 Å². The van der Waals surface area contributed by atoms with Gasteiger partial charge < -0.3 is 4.90 Å². The summed E-state index contributed by atoms with van der Waals surface area (Å²) in [5.41, 5.74) is 1.87. The van der Waals surface area contributed by atoms with Gasteiger partial charge in [-0.1, -0.05) is 20.8 Å². The van der Waals surface area contributed by atoms with Crippen molar-refractivity contribution in [3.8, 4) is 0 Å². The van der Waals surface area contributed by atoms with Crippen LogP contribution in [-0.2, 0) is 12.0 Å². The van der Waals surface area contributed by atoms with Crippen molar-refractivity contribution in [2.45, 2.75) is 38.8 Å². The molecule has 136 valence electrons. The Morgan fingerprint density at radius 1 is 1.12 bits per heavy atom. The van der Waals surface area contributed by atoms with Crippen LogP contribution in [0.4, 0.5) is 5.82 Å². The first kappa shape index (κ1) is 16.8. The van der Waals surface area contributed by atoms with E-state index >= 15 is 0 Å². The normalized spacial score (nSPS) is 15.7. The van der Waals surface area contributed by atoms with Crippen LogP contribution in [0.3, 0.4) is 0 Å². The first-order chi connectivity index (χ1) is 12.4. The topological polar surface area (TPSA) is 75.3 Å². The predicted molar refractivity (Wildman–Crippen MR) is 99.0 cm³/mol. The van der Waals surface area contributed by atoms with Crippen LogP contribution < -0.4 is 4.90 Å². The van der Waals surface area contributed by atoms with E-state index in [1.54, 1.807) is 6.20 Å². The second-order valence-corrected chi connectivity index (χ2v) is 7.96. The highest BCUT2D eigenvalue weighted by molar-refractivity contribution is 5.48. The summed E-state index contributed by atoms with van der Waals surface area (Å²) in [6.45, 7) is 9.17. The zero-order chi connectivity index (χ0) is 18.3. The van der Waals surface area contributed by atoms with Gasteiger partial charge in [0.05, 0.1) is 6.20 Å². The molecule has 8 heteroatoms. The van der Waals surface area contributed by atoms with E-state index in [1.165, 1.54) is 5.56 Å². The molecule has 4 heterocycles. The van der Waals surface area contributed by atoms with Crippen molar-refractivity contribution >= 4 is 11.5 Å². The molecule has 0 unspecified atom stereocenters. The van der Waals surface area contributed by atoms with Crippen molar-refractivity contribution in [3.63, 3.8) is 0 Å². The minimum atomic E-state index is -0.0959. The molecule has 1 fully saturated rings. The van der Waals surface area contributed by atoms with E-state index in [-0.39, 0.29) is 5.41 Å². The second-order valence-electron chi connectivity index (χ2n) is 7.96. The average molecular weight is 352 g/mol. The Kier molecular flexibility index (Phi) is 4.07. The number of hydrogen-bond donors (Lipinski definition) is 0. The van der Waals surface area contributed by atoms with Crippen molar-refractivity contribution in [3.05, 3.63) is 42.0 Å². The minimum absolute atomic E-state index is 0.0959. The van der Waals surface area contributed by atoms with Crippen molar-refractivity contribution in [2.24, 2.45) is 0 Å². The number of hydrogen-bond acceptors (Lipinski definition) is 7. The van der Waals surface area contributed by atoms with Gasteiger partial charge in [0.2, 0.25) is 0 Å². The van der Waals surface area contributed by atoms with Crippen molar-refractivity contribution in [1.82, 2.24) is 34.9 Å². The lowest BCUT2D eigenvalue weighted by molar-refractivity contribution is 0.196. The lowest BCUT2D eigenvalue weighted by atomic mass is 9.96. The molecule has 1 aliphatic rings. The Morgan fingerprint density at radius 3 is 2.62 bits per heavy atom. The van der Waals surface area contributed by atoms with E-state index in [0.29, 0.717) is 6.04 Å². The van der Waals surface area contributed by atoms with Crippen molar-refractivity contribution in [2.75, 3.05) is 25.0 Å². The zero-order valence-corrected chi connectivity index (χ0v) is 15.7. The number of aromatic nitrogens is 6. The van der Waals surface area contributed by atoms with Crippen LogP contribution >= 0.6 is 0 Å². The van der Waals surface area contributed by atoms with Gasteiger partial charge in [-0.05, 0) is 30.8 Å². The number of nitrogens with zero attached hydrogens (tertiary/aromatic N) is 8. The standard InChI is InChI=1S/C18H24N8/c1-18(2,3)17-22-21-15-5-6-16(23-26(15)17)25-11-14(12-25)24(4)10-13-7-8-19-20-9-13/h5-9,14H,10-12H2,1-4H3. The van der Waals surface area contributed by atoms with Gasteiger partial charge in [-0.25, -0.2) is 0 Å². The van der Waals surface area contributed by atoms with E-state index in [9.17, 15) is 0 Å². The van der Waals surface area contributed by atoms with Crippen molar-refractivity contribution in [1.29, 1.82) is 0 Å². The highest BCUT2D eigenvalue weighted by Crippen LogP contribution is 2.25. The molecule has 0 aromatic carbocycles. The third kappa shape index (κ3) is 3.12. The van der Waals surface area contributed by atoms with Gasteiger partial charge in [0.1, 0.15) is 5.82 Å². The van der Waals surface area contributed by atoms with E-state index in [0.717, 1.165) is 36.9 Å². The maximum atomic E-state index is 4.78. The molecule has 3 aromatic rings. The number of anilines is 1. The van der Waals surface area contributed by atoms with Crippen LogP contribution in [0, 0.1) is 0 Å². The Hall–Kier alpha value is -2.61. The molecule has 0 atom stereocenters. The lowest BCUT2D eigenvalue weighted by Crippen LogP contribution is -2.58. The fourth-order valence-corrected chi connectivity index (χ4v) is 3.17. The molecule has 1 aliphatic heterocycles. The maximum Gasteiger partial charge on any atom is 0.178 e. The van der Waals surface area contributed by atoms with Crippen LogP contribution in [-0.4, -0.2) is 61.1 Å².